The lowest BCUT2D eigenvalue weighted by molar-refractivity contribution is -0.180. The van der Waals surface area contributed by atoms with Crippen molar-refractivity contribution in [2.45, 2.75) is 55.7 Å². The lowest BCUT2D eigenvalue weighted by Gasteiger charge is -2.32. The van der Waals surface area contributed by atoms with Crippen LogP contribution in [0.1, 0.15) is 34.6 Å². The van der Waals surface area contributed by atoms with E-state index >= 15 is 0 Å². The van der Waals surface area contributed by atoms with Gasteiger partial charge in [0.25, 0.3) is 9.70 Å². The van der Waals surface area contributed by atoms with Crippen LogP contribution in [0.25, 0.3) is 0 Å². The Balaban J connectivity index is 5.23. The minimum absolute atomic E-state index is 0.841. The van der Waals surface area contributed by atoms with Crippen molar-refractivity contribution in [3.8, 4) is 0 Å². The van der Waals surface area contributed by atoms with Crippen LogP contribution < -0.4 is 0 Å². The summed E-state index contributed by atoms with van der Waals surface area (Å²) in [5.74, 6) is -3.03. The molecule has 9 heteroatoms. The molecule has 0 saturated carbocycles. The molecule has 0 spiro atoms. The monoisotopic (exact) mass is 375 g/mol. The maximum Gasteiger partial charge on any atom is 0.346 e. The number of halogens is 3. The first kappa shape index (κ1) is 21.4. The third kappa shape index (κ3) is 5.57. The van der Waals surface area contributed by atoms with E-state index in [1.807, 2.05) is 0 Å². The van der Waals surface area contributed by atoms with Gasteiger partial charge in [0.2, 0.25) is 5.60 Å². The standard InChI is InChI=1S/C13H20Cl3NO5/c1-7(17(6)9(19)13(14,15)16)8(18)12(5,21)10(20)22-11(2,3)4/h7,21H,1-6H3/t7-,12?/m0/s1. The van der Waals surface area contributed by atoms with Crippen molar-refractivity contribution >= 4 is 52.5 Å². The zero-order valence-corrected chi connectivity index (χ0v) is 15.5. The molecule has 22 heavy (non-hydrogen) atoms. The highest BCUT2D eigenvalue weighted by Crippen LogP contribution is 2.29. The number of esters is 1. The Labute approximate surface area is 144 Å². The maximum absolute atomic E-state index is 12.3. The fourth-order valence-electron chi connectivity index (χ4n) is 1.44. The van der Waals surface area contributed by atoms with Crippen molar-refractivity contribution in [3.63, 3.8) is 0 Å². The molecule has 0 bridgehead atoms. The molecule has 0 aromatic rings. The zero-order chi connectivity index (χ0) is 18.1. The van der Waals surface area contributed by atoms with Gasteiger partial charge in [-0.1, -0.05) is 34.8 Å². The molecule has 1 amide bonds. The normalized spacial score (nSPS) is 16.5. The molecule has 1 N–H and O–H groups in total. The van der Waals surface area contributed by atoms with Gasteiger partial charge in [-0.15, -0.1) is 0 Å². The number of likely N-dealkylation sites (N-methyl/N-ethyl adjacent to an activating group) is 1. The van der Waals surface area contributed by atoms with Gasteiger partial charge < -0.3 is 14.7 Å². The largest absolute Gasteiger partial charge is 0.457 e. The minimum atomic E-state index is -2.44. The average Bonchev–Trinajstić information content (AvgIpc) is 2.31. The van der Waals surface area contributed by atoms with Gasteiger partial charge in [0.1, 0.15) is 5.60 Å². The number of rotatable bonds is 4. The number of ketones is 1. The fraction of sp³-hybridized carbons (Fsp3) is 0.769. The van der Waals surface area contributed by atoms with Crippen molar-refractivity contribution in [1.82, 2.24) is 4.90 Å². The first-order chi connectivity index (χ1) is 9.51. The van der Waals surface area contributed by atoms with E-state index in [-0.39, 0.29) is 0 Å². The summed E-state index contributed by atoms with van der Waals surface area (Å²) >= 11 is 16.4. The van der Waals surface area contributed by atoms with Crippen LogP contribution in [0.3, 0.4) is 0 Å². The van der Waals surface area contributed by atoms with Gasteiger partial charge in [0.05, 0.1) is 6.04 Å². The summed E-state index contributed by atoms with van der Waals surface area (Å²) in [6.45, 7) is 7.07. The van der Waals surface area contributed by atoms with Crippen LogP contribution in [-0.2, 0) is 19.1 Å². The van der Waals surface area contributed by atoms with Gasteiger partial charge in [-0.2, -0.15) is 0 Å². The van der Waals surface area contributed by atoms with E-state index in [2.05, 4.69) is 0 Å². The Morgan fingerprint density at radius 1 is 1.09 bits per heavy atom. The Bertz CT molecular complexity index is 465. The van der Waals surface area contributed by atoms with Gasteiger partial charge in [-0.3, -0.25) is 9.59 Å². The highest BCUT2D eigenvalue weighted by atomic mass is 35.6. The molecule has 0 rings (SSSR count). The van der Waals surface area contributed by atoms with Crippen LogP contribution in [-0.4, -0.2) is 55.8 Å². The lowest BCUT2D eigenvalue weighted by atomic mass is 9.95. The van der Waals surface area contributed by atoms with E-state index in [1.54, 1.807) is 20.8 Å². The average molecular weight is 377 g/mol. The second-order valence-electron chi connectivity index (χ2n) is 6.03. The van der Waals surface area contributed by atoms with Crippen LogP contribution in [0, 0.1) is 0 Å². The van der Waals surface area contributed by atoms with Crippen LogP contribution in [0.15, 0.2) is 0 Å². The number of ether oxygens (including phenoxy) is 1. The summed E-state index contributed by atoms with van der Waals surface area (Å²) in [5.41, 5.74) is -3.32. The highest BCUT2D eigenvalue weighted by molar-refractivity contribution is 6.76. The number of Topliss-reactive ketones (excluding diaryl/α,β-unsaturated/α-hetero) is 1. The Morgan fingerprint density at radius 2 is 1.50 bits per heavy atom. The molecule has 0 aliphatic heterocycles. The van der Waals surface area contributed by atoms with Gasteiger partial charge in [-0.25, -0.2) is 4.79 Å². The molecule has 0 radical (unpaired) electrons. The lowest BCUT2D eigenvalue weighted by Crippen LogP contribution is -2.56. The summed E-state index contributed by atoms with van der Waals surface area (Å²) in [6, 6.07) is -1.20. The fourth-order valence-corrected chi connectivity index (χ4v) is 1.84. The molecule has 6 nitrogen and oxygen atoms in total. The molecule has 0 aromatic heterocycles. The number of aliphatic hydroxyl groups is 1. The quantitative estimate of drug-likeness (QED) is 0.460. The van der Waals surface area contributed by atoms with Crippen molar-refractivity contribution < 1.29 is 24.2 Å². The minimum Gasteiger partial charge on any atom is -0.457 e. The van der Waals surface area contributed by atoms with E-state index in [9.17, 15) is 19.5 Å². The van der Waals surface area contributed by atoms with E-state index in [0.29, 0.717) is 0 Å². The molecular weight excluding hydrogens is 357 g/mol. The van der Waals surface area contributed by atoms with Crippen LogP contribution in [0.5, 0.6) is 0 Å². The SMILES string of the molecule is C[C@@H](C(=O)C(C)(O)C(=O)OC(C)(C)C)N(C)C(=O)C(Cl)(Cl)Cl. The predicted octanol–water partition coefficient (Wildman–Crippen LogP) is 1.87. The Kier molecular flexibility index (Phi) is 6.73. The molecule has 0 saturated heterocycles. The van der Waals surface area contributed by atoms with Crippen molar-refractivity contribution in [1.29, 1.82) is 0 Å². The van der Waals surface area contributed by atoms with E-state index in [1.165, 1.54) is 14.0 Å². The second-order valence-corrected chi connectivity index (χ2v) is 8.31. The summed E-state index contributed by atoms with van der Waals surface area (Å²) < 4.78 is 2.74. The van der Waals surface area contributed by atoms with Gasteiger partial charge in [0.15, 0.2) is 5.78 Å². The summed E-state index contributed by atoms with van der Waals surface area (Å²) in [4.78, 5) is 36.9. The van der Waals surface area contributed by atoms with E-state index < -0.39 is 38.7 Å². The summed E-state index contributed by atoms with van der Waals surface area (Å²) in [6.07, 6.45) is 0. The molecule has 0 fully saturated rings. The molecular formula is C13H20Cl3NO5. The van der Waals surface area contributed by atoms with Gasteiger partial charge >= 0.3 is 5.97 Å². The Hall–Kier alpha value is -0.560. The molecule has 2 atom stereocenters. The molecule has 128 valence electrons. The molecule has 0 aromatic carbocycles. The predicted molar refractivity (Wildman–Crippen MR) is 84.0 cm³/mol. The van der Waals surface area contributed by atoms with Crippen molar-refractivity contribution in [3.05, 3.63) is 0 Å². The number of hydrogen-bond donors (Lipinski definition) is 1. The second kappa shape index (κ2) is 6.91. The third-order valence-electron chi connectivity index (χ3n) is 2.80. The van der Waals surface area contributed by atoms with Crippen LogP contribution in [0.4, 0.5) is 0 Å². The van der Waals surface area contributed by atoms with Crippen molar-refractivity contribution in [2.75, 3.05) is 7.05 Å². The molecule has 1 unspecified atom stereocenters. The maximum atomic E-state index is 12.3. The molecule has 0 aliphatic rings. The number of alkyl halides is 3. The third-order valence-corrected chi connectivity index (χ3v) is 3.28. The summed E-state index contributed by atoms with van der Waals surface area (Å²) in [7, 11) is 1.22. The van der Waals surface area contributed by atoms with Gasteiger partial charge in [0, 0.05) is 7.05 Å². The van der Waals surface area contributed by atoms with Crippen LogP contribution >= 0.6 is 34.8 Å². The topological polar surface area (TPSA) is 83.9 Å². The van der Waals surface area contributed by atoms with E-state index in [0.717, 1.165) is 11.8 Å². The zero-order valence-electron chi connectivity index (χ0n) is 13.2. The first-order valence-electron chi connectivity index (χ1n) is 6.36. The van der Waals surface area contributed by atoms with Crippen molar-refractivity contribution in [2.24, 2.45) is 0 Å². The number of nitrogens with zero attached hydrogens (tertiary/aromatic N) is 1. The number of carbonyl (C=O) groups excluding carboxylic acids is 3. The number of amides is 1. The molecule has 0 heterocycles. The Morgan fingerprint density at radius 3 is 1.82 bits per heavy atom. The number of hydrogen-bond acceptors (Lipinski definition) is 5. The smallest absolute Gasteiger partial charge is 0.346 e. The first-order valence-corrected chi connectivity index (χ1v) is 7.49. The highest BCUT2D eigenvalue weighted by Gasteiger charge is 2.47. The summed E-state index contributed by atoms with van der Waals surface area (Å²) in [5, 5.41) is 10.2. The number of carbonyl (C=O) groups is 3. The molecule has 0 aliphatic carbocycles. The van der Waals surface area contributed by atoms with Crippen LogP contribution in [0.2, 0.25) is 0 Å². The van der Waals surface area contributed by atoms with E-state index in [4.69, 9.17) is 39.5 Å². The van der Waals surface area contributed by atoms with Gasteiger partial charge in [-0.05, 0) is 34.6 Å².